The molecule has 0 amide bonds. The van der Waals surface area contributed by atoms with Gasteiger partial charge in [-0.05, 0) is 18.6 Å². The standard InChI is InChI=1S/C13H18N4/c1-2-11-9-17-10-12(3-4-13(17)15-11)16-7-5-14-6-8-16/h3-4,9-10,14H,2,5-8H2,1H3. The molecule has 0 saturated carbocycles. The van der Waals surface area contributed by atoms with Gasteiger partial charge in [0.25, 0.3) is 0 Å². The van der Waals surface area contributed by atoms with Crippen molar-refractivity contribution in [1.82, 2.24) is 14.7 Å². The topological polar surface area (TPSA) is 32.6 Å². The minimum Gasteiger partial charge on any atom is -0.368 e. The molecule has 0 aromatic carbocycles. The van der Waals surface area contributed by atoms with E-state index in [1.807, 2.05) is 0 Å². The summed E-state index contributed by atoms with van der Waals surface area (Å²) in [6.45, 7) is 6.45. The van der Waals surface area contributed by atoms with Crippen LogP contribution in [0.5, 0.6) is 0 Å². The Balaban J connectivity index is 1.94. The largest absolute Gasteiger partial charge is 0.368 e. The molecule has 1 aliphatic heterocycles. The molecular weight excluding hydrogens is 212 g/mol. The van der Waals surface area contributed by atoms with Crippen LogP contribution in [0.15, 0.2) is 24.5 Å². The number of fused-ring (bicyclic) bond motifs is 1. The molecule has 1 saturated heterocycles. The molecule has 1 aliphatic rings. The lowest BCUT2D eigenvalue weighted by Gasteiger charge is -2.29. The summed E-state index contributed by atoms with van der Waals surface area (Å²) in [5.74, 6) is 0. The van der Waals surface area contributed by atoms with Gasteiger partial charge in [-0.15, -0.1) is 0 Å². The molecular formula is C13H18N4. The molecule has 90 valence electrons. The van der Waals surface area contributed by atoms with Crippen LogP contribution in [-0.4, -0.2) is 35.6 Å². The Hall–Kier alpha value is -1.55. The van der Waals surface area contributed by atoms with Gasteiger partial charge in [-0.25, -0.2) is 4.98 Å². The van der Waals surface area contributed by atoms with Crippen LogP contribution < -0.4 is 10.2 Å². The van der Waals surface area contributed by atoms with Gasteiger partial charge in [0.2, 0.25) is 0 Å². The fourth-order valence-corrected chi connectivity index (χ4v) is 2.31. The molecule has 3 rings (SSSR count). The zero-order valence-electron chi connectivity index (χ0n) is 10.2. The Labute approximate surface area is 101 Å². The number of aromatic nitrogens is 2. The lowest BCUT2D eigenvalue weighted by atomic mass is 10.3. The minimum absolute atomic E-state index is 0.991. The third-order valence-corrected chi connectivity index (χ3v) is 3.33. The Bertz CT molecular complexity index is 511. The zero-order valence-corrected chi connectivity index (χ0v) is 10.2. The SMILES string of the molecule is CCc1cn2cc(N3CCNCC3)ccc2n1. The van der Waals surface area contributed by atoms with Gasteiger partial charge in [0.1, 0.15) is 5.65 Å². The molecule has 0 radical (unpaired) electrons. The fourth-order valence-electron chi connectivity index (χ4n) is 2.31. The number of imidazole rings is 1. The fraction of sp³-hybridized carbons (Fsp3) is 0.462. The molecule has 2 aromatic rings. The number of nitrogens with one attached hydrogen (secondary N) is 1. The van der Waals surface area contributed by atoms with Crippen molar-refractivity contribution in [2.45, 2.75) is 13.3 Å². The number of rotatable bonds is 2. The second-order valence-corrected chi connectivity index (χ2v) is 4.48. The Morgan fingerprint density at radius 1 is 1.24 bits per heavy atom. The van der Waals surface area contributed by atoms with Gasteiger partial charge in [-0.3, -0.25) is 0 Å². The lowest BCUT2D eigenvalue weighted by molar-refractivity contribution is 0.588. The van der Waals surface area contributed by atoms with Crippen molar-refractivity contribution in [3.63, 3.8) is 0 Å². The molecule has 0 aliphatic carbocycles. The summed E-state index contributed by atoms with van der Waals surface area (Å²) in [5, 5.41) is 3.37. The van der Waals surface area contributed by atoms with Gasteiger partial charge in [0.15, 0.2) is 0 Å². The second kappa shape index (κ2) is 4.37. The summed E-state index contributed by atoms with van der Waals surface area (Å²) in [7, 11) is 0. The summed E-state index contributed by atoms with van der Waals surface area (Å²) in [4.78, 5) is 6.97. The first-order valence-corrected chi connectivity index (χ1v) is 6.30. The number of aryl methyl sites for hydroxylation is 1. The summed E-state index contributed by atoms with van der Waals surface area (Å²) in [6, 6.07) is 4.28. The molecule has 1 fully saturated rings. The van der Waals surface area contributed by atoms with Gasteiger partial charge in [0.05, 0.1) is 11.4 Å². The van der Waals surface area contributed by atoms with Crippen LogP contribution >= 0.6 is 0 Å². The first kappa shape index (κ1) is 10.6. The number of pyridine rings is 1. The van der Waals surface area contributed by atoms with E-state index in [-0.39, 0.29) is 0 Å². The molecule has 3 heterocycles. The Morgan fingerprint density at radius 3 is 2.82 bits per heavy atom. The van der Waals surface area contributed by atoms with E-state index in [4.69, 9.17) is 0 Å². The molecule has 17 heavy (non-hydrogen) atoms. The first-order chi connectivity index (χ1) is 8.36. The predicted molar refractivity (Wildman–Crippen MR) is 69.7 cm³/mol. The maximum Gasteiger partial charge on any atom is 0.137 e. The maximum absolute atomic E-state index is 4.55. The molecule has 2 aromatic heterocycles. The third-order valence-electron chi connectivity index (χ3n) is 3.33. The Kier molecular flexibility index (Phi) is 2.73. The second-order valence-electron chi connectivity index (χ2n) is 4.48. The monoisotopic (exact) mass is 230 g/mol. The van der Waals surface area contributed by atoms with Crippen molar-refractivity contribution in [1.29, 1.82) is 0 Å². The average molecular weight is 230 g/mol. The molecule has 0 bridgehead atoms. The summed E-state index contributed by atoms with van der Waals surface area (Å²) in [6.07, 6.45) is 5.30. The molecule has 0 spiro atoms. The molecule has 0 unspecified atom stereocenters. The van der Waals surface area contributed by atoms with E-state index < -0.39 is 0 Å². The van der Waals surface area contributed by atoms with Crippen molar-refractivity contribution in [3.05, 3.63) is 30.2 Å². The molecule has 1 N–H and O–H groups in total. The van der Waals surface area contributed by atoms with Crippen LogP contribution in [0.2, 0.25) is 0 Å². The highest BCUT2D eigenvalue weighted by molar-refractivity contribution is 5.52. The molecule has 0 atom stereocenters. The van der Waals surface area contributed by atoms with Crippen molar-refractivity contribution in [3.8, 4) is 0 Å². The number of anilines is 1. The van der Waals surface area contributed by atoms with Crippen LogP contribution in [-0.2, 0) is 6.42 Å². The van der Waals surface area contributed by atoms with Crippen LogP contribution in [0, 0.1) is 0 Å². The van der Waals surface area contributed by atoms with Gasteiger partial charge in [-0.2, -0.15) is 0 Å². The van der Waals surface area contributed by atoms with E-state index in [0.29, 0.717) is 0 Å². The highest BCUT2D eigenvalue weighted by Crippen LogP contribution is 2.16. The van der Waals surface area contributed by atoms with Crippen molar-refractivity contribution < 1.29 is 0 Å². The number of hydrogen-bond donors (Lipinski definition) is 1. The van der Waals surface area contributed by atoms with Crippen molar-refractivity contribution in [2.24, 2.45) is 0 Å². The predicted octanol–water partition coefficient (Wildman–Crippen LogP) is 1.31. The summed E-state index contributed by atoms with van der Waals surface area (Å²) >= 11 is 0. The number of piperazine rings is 1. The number of hydrogen-bond acceptors (Lipinski definition) is 3. The lowest BCUT2D eigenvalue weighted by Crippen LogP contribution is -2.43. The first-order valence-electron chi connectivity index (χ1n) is 6.30. The summed E-state index contributed by atoms with van der Waals surface area (Å²) in [5.41, 5.74) is 3.49. The highest BCUT2D eigenvalue weighted by atomic mass is 15.2. The van der Waals surface area contributed by atoms with Crippen LogP contribution in [0.25, 0.3) is 5.65 Å². The Morgan fingerprint density at radius 2 is 2.06 bits per heavy atom. The molecule has 4 nitrogen and oxygen atoms in total. The van der Waals surface area contributed by atoms with Gasteiger partial charge in [-0.1, -0.05) is 6.92 Å². The van der Waals surface area contributed by atoms with E-state index in [1.54, 1.807) is 0 Å². The van der Waals surface area contributed by atoms with Crippen LogP contribution in [0.4, 0.5) is 5.69 Å². The van der Waals surface area contributed by atoms with Gasteiger partial charge in [0, 0.05) is 38.6 Å². The quantitative estimate of drug-likeness (QED) is 0.844. The van der Waals surface area contributed by atoms with Crippen molar-refractivity contribution in [2.75, 3.05) is 31.1 Å². The smallest absolute Gasteiger partial charge is 0.137 e. The maximum atomic E-state index is 4.55. The highest BCUT2D eigenvalue weighted by Gasteiger charge is 2.11. The molecule has 4 heteroatoms. The van der Waals surface area contributed by atoms with Crippen LogP contribution in [0.1, 0.15) is 12.6 Å². The van der Waals surface area contributed by atoms with Crippen molar-refractivity contribution >= 4 is 11.3 Å². The van der Waals surface area contributed by atoms with E-state index in [2.05, 4.69) is 51.1 Å². The van der Waals surface area contributed by atoms with E-state index >= 15 is 0 Å². The van der Waals surface area contributed by atoms with Gasteiger partial charge >= 0.3 is 0 Å². The van der Waals surface area contributed by atoms with E-state index in [0.717, 1.165) is 43.9 Å². The summed E-state index contributed by atoms with van der Waals surface area (Å²) < 4.78 is 2.14. The minimum atomic E-state index is 0.991. The zero-order chi connectivity index (χ0) is 11.7. The third kappa shape index (κ3) is 2.00. The van der Waals surface area contributed by atoms with Crippen LogP contribution in [0.3, 0.4) is 0 Å². The van der Waals surface area contributed by atoms with E-state index in [1.165, 1.54) is 5.69 Å². The van der Waals surface area contributed by atoms with E-state index in [9.17, 15) is 0 Å². The normalized spacial score (nSPS) is 16.6. The number of nitrogens with zero attached hydrogens (tertiary/aromatic N) is 3. The average Bonchev–Trinajstić information content (AvgIpc) is 2.81. The van der Waals surface area contributed by atoms with Gasteiger partial charge < -0.3 is 14.6 Å².